The molecule has 1 atom stereocenters. The van der Waals surface area contributed by atoms with Gasteiger partial charge in [-0.2, -0.15) is 4.98 Å². The van der Waals surface area contributed by atoms with E-state index in [4.69, 9.17) is 13.9 Å². The van der Waals surface area contributed by atoms with Crippen LogP contribution in [0.5, 0.6) is 5.75 Å². The fourth-order valence-corrected chi connectivity index (χ4v) is 3.15. The molecule has 0 radical (unpaired) electrons. The summed E-state index contributed by atoms with van der Waals surface area (Å²) in [6.45, 7) is 3.76. The highest BCUT2D eigenvalue weighted by Gasteiger charge is 2.20. The van der Waals surface area contributed by atoms with Gasteiger partial charge in [-0.25, -0.2) is 5.53 Å². The number of anilines is 1. The number of hydrogen-bond acceptors (Lipinski definition) is 9. The van der Waals surface area contributed by atoms with Crippen LogP contribution in [0.1, 0.15) is 12.5 Å². The zero-order valence-electron chi connectivity index (χ0n) is 17.1. The Morgan fingerprint density at radius 3 is 2.70 bits per heavy atom. The summed E-state index contributed by atoms with van der Waals surface area (Å²) in [6.07, 6.45) is 0.568. The lowest BCUT2D eigenvalue weighted by atomic mass is 10.1. The van der Waals surface area contributed by atoms with Gasteiger partial charge in [0.25, 0.3) is 6.01 Å². The molecule has 9 heteroatoms. The summed E-state index contributed by atoms with van der Waals surface area (Å²) in [4.78, 5) is 6.44. The second-order valence-corrected chi connectivity index (χ2v) is 6.89. The Bertz CT molecular complexity index is 955. The molecule has 30 heavy (non-hydrogen) atoms. The number of hydrogen-bond donors (Lipinski definition) is 3. The first-order valence-electron chi connectivity index (χ1n) is 9.96. The number of fused-ring (bicyclic) bond motifs is 1. The summed E-state index contributed by atoms with van der Waals surface area (Å²) >= 11 is 0. The van der Waals surface area contributed by atoms with Gasteiger partial charge >= 0.3 is 0 Å². The first-order valence-corrected chi connectivity index (χ1v) is 9.96. The monoisotopic (exact) mass is 410 g/mol. The minimum atomic E-state index is -0.144. The number of benzene rings is 2. The van der Waals surface area contributed by atoms with E-state index in [0.29, 0.717) is 32.2 Å². The van der Waals surface area contributed by atoms with Gasteiger partial charge in [0.2, 0.25) is 0 Å². The highest BCUT2D eigenvalue weighted by atomic mass is 16.5. The molecule has 0 bridgehead atoms. The van der Waals surface area contributed by atoms with Crippen molar-refractivity contribution < 1.29 is 13.9 Å². The van der Waals surface area contributed by atoms with Gasteiger partial charge in [-0.15, -0.1) is 10.6 Å². The van der Waals surface area contributed by atoms with Gasteiger partial charge in [0.05, 0.1) is 6.54 Å². The van der Waals surface area contributed by atoms with Crippen LogP contribution in [-0.4, -0.2) is 43.7 Å². The van der Waals surface area contributed by atoms with Gasteiger partial charge in [0, 0.05) is 20.1 Å². The van der Waals surface area contributed by atoms with Crippen LogP contribution >= 0.6 is 0 Å². The first-order chi connectivity index (χ1) is 14.7. The third kappa shape index (κ3) is 4.81. The normalized spacial score (nSPS) is 14.1. The molecule has 0 fully saturated rings. The number of para-hydroxylation sites is 2. The Balaban J connectivity index is 1.28. The summed E-state index contributed by atoms with van der Waals surface area (Å²) in [6, 6.07) is 16.4. The summed E-state index contributed by atoms with van der Waals surface area (Å²) in [5.74, 6) is 1.55. The van der Waals surface area contributed by atoms with Crippen molar-refractivity contribution in [3.8, 4) is 5.75 Å². The molecule has 0 saturated carbocycles. The van der Waals surface area contributed by atoms with Crippen molar-refractivity contribution in [3.63, 3.8) is 0 Å². The molecule has 1 aliphatic heterocycles. The van der Waals surface area contributed by atoms with Crippen LogP contribution in [0.2, 0.25) is 0 Å². The lowest BCUT2D eigenvalue weighted by molar-refractivity contribution is 0.107. The molecule has 1 aliphatic rings. The number of rotatable bonds is 10. The van der Waals surface area contributed by atoms with E-state index in [1.54, 1.807) is 0 Å². The molecule has 2 heterocycles. The average molecular weight is 410 g/mol. The summed E-state index contributed by atoms with van der Waals surface area (Å²) in [7, 11) is 1.94. The number of amidine groups is 1. The minimum Gasteiger partial charge on any atom is -0.492 e. The Hall–Kier alpha value is -3.30. The zero-order valence-corrected chi connectivity index (χ0v) is 17.1. The molecular formula is C21H26N6O3. The number of ether oxygens (including phenoxy) is 2. The van der Waals surface area contributed by atoms with Crippen molar-refractivity contribution in [2.45, 2.75) is 19.4 Å². The second kappa shape index (κ2) is 9.47. The maximum Gasteiger partial charge on any atom is 0.298 e. The quantitative estimate of drug-likeness (QED) is 0.468. The van der Waals surface area contributed by atoms with Crippen LogP contribution in [0.15, 0.2) is 58.0 Å². The van der Waals surface area contributed by atoms with Gasteiger partial charge in [-0.05, 0) is 36.8 Å². The number of hydrazone groups is 1. The van der Waals surface area contributed by atoms with Crippen molar-refractivity contribution in [2.75, 3.05) is 31.7 Å². The lowest BCUT2D eigenvalue weighted by Crippen LogP contribution is -2.41. The second-order valence-electron chi connectivity index (χ2n) is 6.89. The topological polar surface area (TPSA) is 96.2 Å². The number of hydrazine groups is 2. The highest BCUT2D eigenvalue weighted by molar-refractivity contribution is 5.87. The highest BCUT2D eigenvalue weighted by Crippen LogP contribution is 2.20. The molecular weight excluding hydrogens is 384 g/mol. The van der Waals surface area contributed by atoms with E-state index < -0.39 is 0 Å². The fourth-order valence-electron chi connectivity index (χ4n) is 3.15. The van der Waals surface area contributed by atoms with Gasteiger partial charge < -0.3 is 18.8 Å². The standard InChI is InChI=1S/C21H26N6O3/c1-3-28-19(20-23-25-26-24-20)14-15-8-10-16(11-9-15)29-13-12-27(2)21-22-17-6-4-5-7-18(17)30-21/h4-11,19,25-26H,3,12-14H2,1-2H3,(H,23,24). The SMILES string of the molecule is CCOC(Cc1ccc(OCCN(C)c2nc3ccccc3o2)cc1)C1=NNNN1. The molecule has 0 saturated heterocycles. The van der Waals surface area contributed by atoms with Gasteiger partial charge in [0.1, 0.15) is 24.0 Å². The number of aromatic nitrogens is 1. The summed E-state index contributed by atoms with van der Waals surface area (Å²) < 4.78 is 17.4. The van der Waals surface area contributed by atoms with Crippen LogP contribution in [0.4, 0.5) is 6.01 Å². The Labute approximate surface area is 175 Å². The van der Waals surface area contributed by atoms with Crippen molar-refractivity contribution >= 4 is 22.9 Å². The smallest absolute Gasteiger partial charge is 0.298 e. The molecule has 4 rings (SSSR count). The maximum absolute atomic E-state index is 5.88. The molecule has 1 aromatic heterocycles. The van der Waals surface area contributed by atoms with E-state index in [0.717, 1.165) is 28.2 Å². The number of likely N-dealkylation sites (N-methyl/N-ethyl adjacent to an activating group) is 1. The lowest BCUT2D eigenvalue weighted by Gasteiger charge is -2.17. The van der Waals surface area contributed by atoms with Crippen LogP contribution < -0.4 is 26.1 Å². The van der Waals surface area contributed by atoms with E-state index in [-0.39, 0.29) is 6.10 Å². The van der Waals surface area contributed by atoms with E-state index >= 15 is 0 Å². The molecule has 3 N–H and O–H groups in total. The molecule has 158 valence electrons. The van der Waals surface area contributed by atoms with Gasteiger partial charge in [-0.3, -0.25) is 5.43 Å². The van der Waals surface area contributed by atoms with Crippen LogP contribution in [0.25, 0.3) is 11.1 Å². The predicted molar refractivity (Wildman–Crippen MR) is 115 cm³/mol. The molecule has 2 aromatic carbocycles. The predicted octanol–water partition coefficient (Wildman–Crippen LogP) is 2.22. The number of oxazole rings is 1. The molecule has 1 unspecified atom stereocenters. The molecule has 0 spiro atoms. The number of nitrogens with zero attached hydrogens (tertiary/aromatic N) is 3. The van der Waals surface area contributed by atoms with E-state index in [1.807, 2.05) is 67.4 Å². The van der Waals surface area contributed by atoms with E-state index in [2.05, 4.69) is 26.6 Å². The zero-order chi connectivity index (χ0) is 20.8. The van der Waals surface area contributed by atoms with Crippen LogP contribution in [0, 0.1) is 0 Å². The van der Waals surface area contributed by atoms with E-state index in [1.165, 1.54) is 0 Å². The van der Waals surface area contributed by atoms with Crippen molar-refractivity contribution in [1.82, 2.24) is 21.5 Å². The maximum atomic E-state index is 5.88. The minimum absolute atomic E-state index is 0.144. The largest absolute Gasteiger partial charge is 0.492 e. The first kappa shape index (κ1) is 20.0. The molecule has 0 aliphatic carbocycles. The summed E-state index contributed by atoms with van der Waals surface area (Å²) in [5.41, 5.74) is 11.1. The van der Waals surface area contributed by atoms with Crippen molar-refractivity contribution in [3.05, 3.63) is 54.1 Å². The molecule has 3 aromatic rings. The van der Waals surface area contributed by atoms with Crippen LogP contribution in [-0.2, 0) is 11.2 Å². The van der Waals surface area contributed by atoms with Crippen LogP contribution in [0.3, 0.4) is 0 Å². The Morgan fingerprint density at radius 1 is 1.13 bits per heavy atom. The Morgan fingerprint density at radius 2 is 1.97 bits per heavy atom. The Kier molecular flexibility index (Phi) is 6.31. The third-order valence-electron chi connectivity index (χ3n) is 4.74. The molecule has 0 amide bonds. The number of nitrogens with one attached hydrogen (secondary N) is 3. The van der Waals surface area contributed by atoms with Crippen molar-refractivity contribution in [1.29, 1.82) is 0 Å². The van der Waals surface area contributed by atoms with E-state index in [9.17, 15) is 0 Å². The van der Waals surface area contributed by atoms with Gasteiger partial charge in [-0.1, -0.05) is 24.3 Å². The van der Waals surface area contributed by atoms with Gasteiger partial charge in [0.15, 0.2) is 11.4 Å². The summed E-state index contributed by atoms with van der Waals surface area (Å²) in [5, 5.41) is 4.14. The molecule has 9 nitrogen and oxygen atoms in total. The fraction of sp³-hybridized carbons (Fsp3) is 0.333. The van der Waals surface area contributed by atoms with Crippen molar-refractivity contribution in [2.24, 2.45) is 5.10 Å². The average Bonchev–Trinajstić information content (AvgIpc) is 3.44. The third-order valence-corrected chi connectivity index (χ3v) is 4.74.